The molecule has 0 saturated carbocycles. The Morgan fingerprint density at radius 2 is 1.57 bits per heavy atom. The first-order valence-electron chi connectivity index (χ1n) is 15.4. The molecule has 4 aromatic carbocycles. The molecule has 2 aliphatic rings. The lowest BCUT2D eigenvalue weighted by molar-refractivity contribution is 0.135. The molecule has 2 atom stereocenters. The summed E-state index contributed by atoms with van der Waals surface area (Å²) in [5, 5.41) is 30.9. The fourth-order valence-corrected chi connectivity index (χ4v) is 6.49. The van der Waals surface area contributed by atoms with E-state index >= 15 is 0 Å². The number of hydrogen-bond acceptors (Lipinski definition) is 6. The Balaban J connectivity index is 1.34. The van der Waals surface area contributed by atoms with Gasteiger partial charge in [0.05, 0.1) is 18.4 Å². The van der Waals surface area contributed by atoms with Gasteiger partial charge < -0.3 is 24.4 Å². The third-order valence-corrected chi connectivity index (χ3v) is 8.76. The summed E-state index contributed by atoms with van der Waals surface area (Å²) in [5.41, 5.74) is 6.58. The van der Waals surface area contributed by atoms with E-state index in [0.29, 0.717) is 29.1 Å². The van der Waals surface area contributed by atoms with Crippen molar-refractivity contribution in [2.45, 2.75) is 25.4 Å². The maximum absolute atomic E-state index is 11.6. The molecule has 0 saturated heterocycles. The summed E-state index contributed by atoms with van der Waals surface area (Å²) in [5.74, 6) is 1.53. The fraction of sp³-hybridized carbons (Fsp3) is 0.150. The molecule has 226 valence electrons. The van der Waals surface area contributed by atoms with Crippen molar-refractivity contribution in [3.63, 3.8) is 0 Å². The molecule has 1 aliphatic carbocycles. The summed E-state index contributed by atoms with van der Waals surface area (Å²) in [6, 6.07) is 36.0. The summed E-state index contributed by atoms with van der Waals surface area (Å²) in [4.78, 5) is 0. The van der Waals surface area contributed by atoms with Crippen LogP contribution in [0.5, 0.6) is 5.75 Å². The molecule has 46 heavy (non-hydrogen) atoms. The van der Waals surface area contributed by atoms with Crippen LogP contribution in [0.15, 0.2) is 131 Å². The Morgan fingerprint density at radius 1 is 0.913 bits per heavy atom. The van der Waals surface area contributed by atoms with Gasteiger partial charge in [0.1, 0.15) is 46.4 Å². The van der Waals surface area contributed by atoms with Crippen LogP contribution in [0.4, 0.5) is 0 Å². The van der Waals surface area contributed by atoms with Crippen molar-refractivity contribution in [2.75, 3.05) is 7.11 Å². The maximum Gasteiger partial charge on any atom is 0.143 e. The number of hydrogen-bond donors (Lipinski definition) is 2. The van der Waals surface area contributed by atoms with Crippen LogP contribution in [0.2, 0.25) is 0 Å². The van der Waals surface area contributed by atoms with Gasteiger partial charge >= 0.3 is 0 Å². The summed E-state index contributed by atoms with van der Waals surface area (Å²) in [6.07, 6.45) is 5.41. The van der Waals surface area contributed by atoms with Crippen molar-refractivity contribution in [3.05, 3.63) is 138 Å². The number of ether oxygens (including phenoxy) is 2. The Bertz CT molecular complexity index is 2070. The number of fused-ring (bicyclic) bond motifs is 1. The minimum absolute atomic E-state index is 0.0642. The smallest absolute Gasteiger partial charge is 0.143 e. The number of furan rings is 1. The third-order valence-electron chi connectivity index (χ3n) is 8.76. The highest BCUT2D eigenvalue weighted by Crippen LogP contribution is 2.47. The van der Waals surface area contributed by atoms with E-state index in [9.17, 15) is 10.4 Å². The Hall–Kier alpha value is -5.80. The zero-order valence-electron chi connectivity index (χ0n) is 25.4. The number of rotatable bonds is 7. The third kappa shape index (κ3) is 5.27. The van der Waals surface area contributed by atoms with Crippen LogP contribution >= 0.6 is 0 Å². The number of nitrogens with zero attached hydrogens (tertiary/aromatic N) is 1. The molecule has 2 unspecified atom stereocenters. The number of nitrogens with one attached hydrogen (secondary N) is 1. The van der Waals surface area contributed by atoms with Crippen LogP contribution in [-0.4, -0.2) is 24.0 Å². The summed E-state index contributed by atoms with van der Waals surface area (Å²) in [6.45, 7) is 0. The second-order valence-electron chi connectivity index (χ2n) is 11.5. The molecule has 1 aliphatic heterocycles. The Kier molecular flexibility index (Phi) is 7.74. The molecule has 6 heteroatoms. The average Bonchev–Trinajstić information content (AvgIpc) is 3.48. The maximum atomic E-state index is 11.6. The largest absolute Gasteiger partial charge is 0.507 e. The van der Waals surface area contributed by atoms with Gasteiger partial charge in [0.25, 0.3) is 0 Å². The molecule has 7 rings (SSSR count). The molecule has 0 spiro atoms. The van der Waals surface area contributed by atoms with E-state index < -0.39 is 0 Å². The van der Waals surface area contributed by atoms with Gasteiger partial charge in [0.2, 0.25) is 0 Å². The van der Waals surface area contributed by atoms with Gasteiger partial charge in [-0.3, -0.25) is 0 Å². The van der Waals surface area contributed by atoms with E-state index in [2.05, 4.69) is 30.3 Å². The van der Waals surface area contributed by atoms with E-state index in [1.54, 1.807) is 12.1 Å². The van der Waals surface area contributed by atoms with Gasteiger partial charge in [0, 0.05) is 34.1 Å². The monoisotopic (exact) mass is 604 g/mol. The highest BCUT2D eigenvalue weighted by atomic mass is 16.5. The minimum Gasteiger partial charge on any atom is -0.507 e. The average molecular weight is 605 g/mol. The van der Waals surface area contributed by atoms with Crippen molar-refractivity contribution < 1.29 is 19.0 Å². The number of phenols is 1. The number of phenolic OH excluding ortho intramolecular Hbond substituents is 1. The van der Waals surface area contributed by atoms with Gasteiger partial charge in [-0.15, -0.1) is 0 Å². The van der Waals surface area contributed by atoms with E-state index in [-0.39, 0.29) is 29.1 Å². The molecule has 2 N–H and O–H groups in total. The molecule has 0 bridgehead atoms. The molecule has 5 aromatic rings. The normalized spacial score (nSPS) is 18.0. The lowest BCUT2D eigenvalue weighted by Crippen LogP contribution is -2.27. The topological polar surface area (TPSA) is 99.5 Å². The van der Waals surface area contributed by atoms with Crippen LogP contribution in [-0.2, 0) is 9.47 Å². The van der Waals surface area contributed by atoms with Gasteiger partial charge in [-0.05, 0) is 42.5 Å². The quantitative estimate of drug-likeness (QED) is 0.193. The van der Waals surface area contributed by atoms with Crippen molar-refractivity contribution in [1.82, 2.24) is 0 Å². The number of aromatic hydroxyl groups is 1. The zero-order chi connectivity index (χ0) is 31.6. The van der Waals surface area contributed by atoms with Crippen LogP contribution < -0.4 is 0 Å². The minimum atomic E-state index is -0.291. The molecular weight excluding hydrogens is 572 g/mol. The summed E-state index contributed by atoms with van der Waals surface area (Å²) >= 11 is 0. The second kappa shape index (κ2) is 12.3. The predicted octanol–water partition coefficient (Wildman–Crippen LogP) is 9.54. The van der Waals surface area contributed by atoms with Crippen molar-refractivity contribution in [3.8, 4) is 34.3 Å². The molecule has 1 aromatic heterocycles. The van der Waals surface area contributed by atoms with Crippen LogP contribution in [0.3, 0.4) is 0 Å². The highest BCUT2D eigenvalue weighted by Gasteiger charge is 2.32. The summed E-state index contributed by atoms with van der Waals surface area (Å²) < 4.78 is 18.6. The van der Waals surface area contributed by atoms with Gasteiger partial charge in [-0.2, -0.15) is 5.26 Å². The first-order valence-corrected chi connectivity index (χ1v) is 15.4. The van der Waals surface area contributed by atoms with E-state index in [0.717, 1.165) is 51.8 Å². The SMILES string of the molecule is COC1=C(C#N)C(=N)C(CC2CCC(c3ccccc3)=C(c3cc4c(-c5ccccc5)c(-c5ccccc5)oc4cc3O)O2)C=C1. The highest BCUT2D eigenvalue weighted by molar-refractivity contribution is 6.06. The first kappa shape index (κ1) is 28.9. The molecular formula is C40H32N2O4. The van der Waals surface area contributed by atoms with Crippen LogP contribution in [0.1, 0.15) is 30.4 Å². The number of methoxy groups -OCH3 is 1. The fourth-order valence-electron chi connectivity index (χ4n) is 6.49. The number of allylic oxidation sites excluding steroid dienone is 4. The molecule has 2 heterocycles. The van der Waals surface area contributed by atoms with Gasteiger partial charge in [0.15, 0.2) is 0 Å². The summed E-state index contributed by atoms with van der Waals surface area (Å²) in [7, 11) is 1.51. The van der Waals surface area contributed by atoms with Crippen molar-refractivity contribution >= 4 is 28.0 Å². The standard InChI is InChI=1S/C40H32N2O4/c1-44-35-20-17-28(38(42)33(35)24-41)21-29-18-19-30(25-11-5-2-6-12-25)40(45-29)31-22-32-36(23-34(31)43)46-39(27-15-9-4-10-16-27)37(32)26-13-7-3-8-14-26/h2-17,20,22-23,28-29,42-43H,18-19,21H2,1H3. The van der Waals surface area contributed by atoms with Crippen molar-refractivity contribution in [2.24, 2.45) is 5.92 Å². The second-order valence-corrected chi connectivity index (χ2v) is 11.5. The predicted molar refractivity (Wildman–Crippen MR) is 181 cm³/mol. The lowest BCUT2D eigenvalue weighted by atomic mass is 9.84. The zero-order valence-corrected chi connectivity index (χ0v) is 25.4. The Labute approximate surface area is 267 Å². The van der Waals surface area contributed by atoms with Crippen LogP contribution in [0.25, 0.3) is 44.8 Å². The van der Waals surface area contributed by atoms with Gasteiger partial charge in [-0.1, -0.05) is 97.1 Å². The molecule has 0 amide bonds. The van der Waals surface area contributed by atoms with Crippen molar-refractivity contribution in [1.29, 1.82) is 10.7 Å². The lowest BCUT2D eigenvalue weighted by Gasteiger charge is -2.32. The molecule has 6 nitrogen and oxygen atoms in total. The van der Waals surface area contributed by atoms with Gasteiger partial charge in [-0.25, -0.2) is 0 Å². The number of benzene rings is 4. The Morgan fingerprint density at radius 3 is 2.22 bits per heavy atom. The van der Waals surface area contributed by atoms with E-state index in [4.69, 9.17) is 19.3 Å². The van der Waals surface area contributed by atoms with Crippen LogP contribution in [0, 0.1) is 22.7 Å². The first-order chi connectivity index (χ1) is 22.6. The molecule has 0 fully saturated rings. The number of nitriles is 1. The van der Waals surface area contributed by atoms with E-state index in [1.165, 1.54) is 7.11 Å². The van der Waals surface area contributed by atoms with E-state index in [1.807, 2.05) is 78.9 Å². The molecule has 0 radical (unpaired) electrons.